The van der Waals surface area contributed by atoms with E-state index in [0.717, 1.165) is 17.7 Å². The normalized spacial score (nSPS) is 29.1. The number of alkyl halides is 1. The number of fused-ring (bicyclic) bond motifs is 2. The van der Waals surface area contributed by atoms with Crippen LogP contribution in [-0.4, -0.2) is 71.8 Å². The summed E-state index contributed by atoms with van der Waals surface area (Å²) in [5.41, 5.74) is 0.492. The lowest BCUT2D eigenvalue weighted by atomic mass is 9.82. The van der Waals surface area contributed by atoms with Crippen molar-refractivity contribution in [3.63, 3.8) is 0 Å². The molecule has 5 rings (SSSR count). The number of hydrogen-bond donors (Lipinski definition) is 2. The van der Waals surface area contributed by atoms with Crippen LogP contribution in [0.1, 0.15) is 33.9 Å². The fourth-order valence-electron chi connectivity index (χ4n) is 4.29. The number of aromatic nitrogens is 7. The highest BCUT2D eigenvalue weighted by Crippen LogP contribution is 2.33. The summed E-state index contributed by atoms with van der Waals surface area (Å²) in [7, 11) is 0. The highest BCUT2D eigenvalue weighted by atomic mass is 19.1. The zero-order valence-corrected chi connectivity index (χ0v) is 16.4. The van der Waals surface area contributed by atoms with Crippen molar-refractivity contribution in [3.8, 4) is 28.5 Å². The molecule has 0 saturated carbocycles. The number of nitrogens with zero attached hydrogens (tertiary/aromatic N) is 8. The number of aromatic hydroxyl groups is 1. The van der Waals surface area contributed by atoms with Crippen LogP contribution in [0.25, 0.3) is 22.8 Å². The van der Waals surface area contributed by atoms with E-state index in [9.17, 15) is 5.11 Å². The summed E-state index contributed by atoms with van der Waals surface area (Å²) in [6.07, 6.45) is 2.53. The maximum atomic E-state index is 15.3. The lowest BCUT2D eigenvalue weighted by molar-refractivity contribution is 0.107. The molecule has 2 aliphatic rings. The SMILES string of the molecule is [2H]C([2H])([2H])N(c1cnc(-c2ccc(-c3nnn(C([2H])([2H])[2H])n3)cc2O)nn1)[C@@H]1C[C@H]2CCC[C@@H](N2)[C@@H]1F. The van der Waals surface area contributed by atoms with Gasteiger partial charge in [0.05, 0.1) is 24.8 Å². The third-order valence-corrected chi connectivity index (χ3v) is 5.83. The minimum absolute atomic E-state index is 0.00630. The van der Waals surface area contributed by atoms with Gasteiger partial charge in [-0.3, -0.25) is 0 Å². The van der Waals surface area contributed by atoms with Gasteiger partial charge in [0.2, 0.25) is 5.82 Å². The largest absolute Gasteiger partial charge is 0.507 e. The Morgan fingerprint density at radius 1 is 1.26 bits per heavy atom. The number of aryl methyl sites for hydroxylation is 1. The molecule has 162 valence electrons. The van der Waals surface area contributed by atoms with Gasteiger partial charge < -0.3 is 15.3 Å². The number of anilines is 1. The van der Waals surface area contributed by atoms with Crippen LogP contribution in [0.3, 0.4) is 0 Å². The number of phenols is 1. The van der Waals surface area contributed by atoms with Crippen molar-refractivity contribution >= 4 is 5.82 Å². The van der Waals surface area contributed by atoms with E-state index in [4.69, 9.17) is 8.22 Å². The highest BCUT2D eigenvalue weighted by molar-refractivity contribution is 5.69. The quantitative estimate of drug-likeness (QED) is 0.633. The second-order valence-electron chi connectivity index (χ2n) is 7.79. The van der Waals surface area contributed by atoms with Gasteiger partial charge in [0.1, 0.15) is 11.9 Å². The lowest BCUT2D eigenvalue weighted by Crippen LogP contribution is -2.61. The number of benzene rings is 1. The standard InChI is InChI=1S/C20H24FN9O/c1-29(15-9-12-4-3-5-14(23-12)18(15)21)17-10-22-20(25-24-17)13-7-6-11(8-16(13)31)19-26-28-30(2)27-19/h6-8,10,12,14-15,18,23,31H,3-5,9H2,1-2H3/t12-,14-,15-,18+/m1/s1/i1D3,2D3. The van der Waals surface area contributed by atoms with Gasteiger partial charge in [-0.15, -0.1) is 20.4 Å². The Labute approximate surface area is 186 Å². The highest BCUT2D eigenvalue weighted by Gasteiger charge is 2.42. The third kappa shape index (κ3) is 3.69. The van der Waals surface area contributed by atoms with Gasteiger partial charge in [0, 0.05) is 32.8 Å². The first-order valence-corrected chi connectivity index (χ1v) is 9.95. The molecular weight excluding hydrogens is 401 g/mol. The Balaban J connectivity index is 1.41. The number of phenolic OH excluding ortho intramolecular Hbond substituents is 1. The van der Waals surface area contributed by atoms with Crippen LogP contribution < -0.4 is 10.2 Å². The summed E-state index contributed by atoms with van der Waals surface area (Å²) in [4.78, 5) is 5.67. The van der Waals surface area contributed by atoms with Gasteiger partial charge in [-0.2, -0.15) is 4.80 Å². The molecule has 0 amide bonds. The first-order chi connectivity index (χ1) is 17.4. The molecule has 0 aliphatic carbocycles. The van der Waals surface area contributed by atoms with E-state index in [1.54, 1.807) is 0 Å². The molecule has 4 heterocycles. The van der Waals surface area contributed by atoms with Crippen LogP contribution in [0.4, 0.5) is 10.2 Å². The Morgan fingerprint density at radius 2 is 2.19 bits per heavy atom. The average Bonchev–Trinajstić information content (AvgIpc) is 3.34. The molecule has 2 fully saturated rings. The number of tetrazole rings is 1. The third-order valence-electron chi connectivity index (χ3n) is 5.83. The Bertz CT molecular complexity index is 1270. The molecule has 2 aromatic heterocycles. The van der Waals surface area contributed by atoms with Crippen molar-refractivity contribution in [2.75, 3.05) is 11.9 Å². The van der Waals surface area contributed by atoms with E-state index in [0.29, 0.717) is 23.2 Å². The van der Waals surface area contributed by atoms with Crippen molar-refractivity contribution in [1.29, 1.82) is 0 Å². The summed E-state index contributed by atoms with van der Waals surface area (Å²) >= 11 is 0. The molecule has 1 aromatic carbocycles. The molecule has 2 bridgehead atoms. The Morgan fingerprint density at radius 3 is 2.94 bits per heavy atom. The smallest absolute Gasteiger partial charge is 0.205 e. The topological polar surface area (TPSA) is 118 Å². The van der Waals surface area contributed by atoms with Gasteiger partial charge in [-0.25, -0.2) is 9.37 Å². The molecule has 3 aromatic rings. The van der Waals surface area contributed by atoms with Gasteiger partial charge in [0.15, 0.2) is 11.6 Å². The molecular formula is C20H24FN9O. The van der Waals surface area contributed by atoms with Crippen molar-refractivity contribution < 1.29 is 17.7 Å². The summed E-state index contributed by atoms with van der Waals surface area (Å²) < 4.78 is 61.4. The zero-order chi connectivity index (χ0) is 26.5. The fraction of sp³-hybridized carbons (Fsp3) is 0.500. The Kier molecular flexibility index (Phi) is 3.51. The van der Waals surface area contributed by atoms with E-state index in [-0.39, 0.29) is 34.8 Å². The van der Waals surface area contributed by atoms with Crippen LogP contribution in [0.2, 0.25) is 0 Å². The monoisotopic (exact) mass is 431 g/mol. The first-order valence-electron chi connectivity index (χ1n) is 13.0. The molecule has 11 heteroatoms. The molecule has 2 saturated heterocycles. The van der Waals surface area contributed by atoms with Gasteiger partial charge in [-0.05, 0) is 36.6 Å². The predicted molar refractivity (Wildman–Crippen MR) is 111 cm³/mol. The number of hydrogen-bond acceptors (Lipinski definition) is 9. The van der Waals surface area contributed by atoms with Crippen LogP contribution in [0, 0.1) is 0 Å². The predicted octanol–water partition coefficient (Wildman–Crippen LogP) is 1.49. The maximum Gasteiger partial charge on any atom is 0.205 e. The van der Waals surface area contributed by atoms with Crippen molar-refractivity contribution in [2.24, 2.45) is 6.98 Å². The molecule has 0 spiro atoms. The second kappa shape index (κ2) is 7.80. The van der Waals surface area contributed by atoms with Gasteiger partial charge >= 0.3 is 0 Å². The van der Waals surface area contributed by atoms with Gasteiger partial charge in [0.25, 0.3) is 0 Å². The summed E-state index contributed by atoms with van der Waals surface area (Å²) in [5, 5.41) is 32.8. The van der Waals surface area contributed by atoms with Crippen molar-refractivity contribution in [2.45, 2.75) is 50.0 Å². The van der Waals surface area contributed by atoms with E-state index >= 15 is 4.39 Å². The number of rotatable bonds is 4. The minimum atomic E-state index is -2.67. The van der Waals surface area contributed by atoms with Crippen molar-refractivity contribution in [3.05, 3.63) is 24.4 Å². The summed E-state index contributed by atoms with van der Waals surface area (Å²) in [5.74, 6) is -0.345. The molecule has 31 heavy (non-hydrogen) atoms. The van der Waals surface area contributed by atoms with E-state index in [1.165, 1.54) is 24.4 Å². The van der Waals surface area contributed by atoms with E-state index in [1.807, 2.05) is 0 Å². The van der Waals surface area contributed by atoms with Crippen LogP contribution in [-0.2, 0) is 6.98 Å². The Hall–Kier alpha value is -3.21. The summed E-state index contributed by atoms with van der Waals surface area (Å²) in [6, 6.07) is 2.99. The van der Waals surface area contributed by atoms with Crippen LogP contribution in [0.15, 0.2) is 24.4 Å². The number of nitrogens with one attached hydrogen (secondary N) is 1. The molecule has 2 aliphatic heterocycles. The first kappa shape index (κ1) is 14.0. The van der Waals surface area contributed by atoms with Crippen molar-refractivity contribution in [1.82, 2.24) is 40.7 Å². The molecule has 4 atom stereocenters. The lowest BCUT2D eigenvalue weighted by Gasteiger charge is -2.45. The van der Waals surface area contributed by atoms with Gasteiger partial charge in [-0.1, -0.05) is 12.5 Å². The van der Waals surface area contributed by atoms with E-state index in [2.05, 4.69) is 35.9 Å². The second-order valence-corrected chi connectivity index (χ2v) is 7.79. The maximum absolute atomic E-state index is 15.3. The molecule has 0 unspecified atom stereocenters. The van der Waals surface area contributed by atoms with E-state index < -0.39 is 32.2 Å². The number of piperidine rings is 2. The average molecular weight is 432 g/mol. The molecule has 0 radical (unpaired) electrons. The fourth-order valence-corrected chi connectivity index (χ4v) is 4.29. The zero-order valence-electron chi connectivity index (χ0n) is 22.4. The minimum Gasteiger partial charge on any atom is -0.507 e. The number of halogens is 1. The van der Waals surface area contributed by atoms with Crippen LogP contribution >= 0.6 is 0 Å². The summed E-state index contributed by atoms with van der Waals surface area (Å²) in [6.45, 7) is -5.26. The van der Waals surface area contributed by atoms with Crippen LogP contribution in [0.5, 0.6) is 5.75 Å². The molecule has 10 nitrogen and oxygen atoms in total. The molecule has 2 N–H and O–H groups in total.